The maximum Gasteiger partial charge on any atom is 0.290 e. The Morgan fingerprint density at radius 2 is 1.59 bits per heavy atom. The molecule has 2 aromatic heterocycles. The largest absolute Gasteiger partial charge is 0.295 e. The van der Waals surface area contributed by atoms with Crippen LogP contribution in [0.3, 0.4) is 0 Å². The summed E-state index contributed by atoms with van der Waals surface area (Å²) in [4.78, 5) is 17.3. The summed E-state index contributed by atoms with van der Waals surface area (Å²) in [6.07, 6.45) is 15.5. The summed E-state index contributed by atoms with van der Waals surface area (Å²) in [7, 11) is 0. The first kappa shape index (κ1) is 19.6. The number of imidazole rings is 1. The van der Waals surface area contributed by atoms with Gasteiger partial charge in [-0.25, -0.2) is 10.4 Å². The van der Waals surface area contributed by atoms with Crippen molar-refractivity contribution in [3.8, 4) is 0 Å². The van der Waals surface area contributed by atoms with Gasteiger partial charge in [0.15, 0.2) is 0 Å². The van der Waals surface area contributed by atoms with E-state index in [1.54, 1.807) is 0 Å². The van der Waals surface area contributed by atoms with Gasteiger partial charge < -0.3 is 0 Å². The molecule has 0 unspecified atom stereocenters. The standard InChI is InChI=1S/C22H32N4O/c1-17-14-15-26-20(16-17)23-18(2)21(26)22(27)25-24-19-12-10-8-6-4-3-5-7-9-11-13-19/h14-16H,3-13H2,1-2H3,(H,25,27). The van der Waals surface area contributed by atoms with Crippen molar-refractivity contribution in [2.45, 2.75) is 84.5 Å². The molecule has 0 aromatic carbocycles. The molecule has 1 fully saturated rings. The summed E-state index contributed by atoms with van der Waals surface area (Å²) in [6.45, 7) is 3.90. The number of amides is 1. The Morgan fingerprint density at radius 3 is 2.22 bits per heavy atom. The molecule has 146 valence electrons. The molecular formula is C22H32N4O. The number of pyridine rings is 1. The molecule has 1 N–H and O–H groups in total. The van der Waals surface area contributed by atoms with E-state index in [0.29, 0.717) is 5.69 Å². The average molecular weight is 369 g/mol. The lowest BCUT2D eigenvalue weighted by Gasteiger charge is -2.10. The molecule has 1 amide bonds. The maximum absolute atomic E-state index is 12.8. The third-order valence-corrected chi connectivity index (χ3v) is 5.42. The van der Waals surface area contributed by atoms with Crippen LogP contribution in [-0.2, 0) is 0 Å². The zero-order chi connectivity index (χ0) is 19.1. The van der Waals surface area contributed by atoms with Crippen molar-refractivity contribution in [3.63, 3.8) is 0 Å². The van der Waals surface area contributed by atoms with Crippen molar-refractivity contribution in [3.05, 3.63) is 35.3 Å². The van der Waals surface area contributed by atoms with E-state index in [2.05, 4.69) is 15.5 Å². The number of carbonyl (C=O) groups excluding carboxylic acids is 1. The fourth-order valence-corrected chi connectivity index (χ4v) is 3.85. The lowest BCUT2D eigenvalue weighted by Crippen LogP contribution is -2.22. The van der Waals surface area contributed by atoms with Gasteiger partial charge in [-0.05, 0) is 57.2 Å². The van der Waals surface area contributed by atoms with Crippen LogP contribution in [0.5, 0.6) is 0 Å². The Bertz CT molecular complexity index is 792. The van der Waals surface area contributed by atoms with Gasteiger partial charge in [0.05, 0.1) is 5.69 Å². The Hall–Kier alpha value is -2.17. The van der Waals surface area contributed by atoms with E-state index in [1.165, 1.54) is 57.8 Å². The smallest absolute Gasteiger partial charge is 0.290 e. The average Bonchev–Trinajstić information content (AvgIpc) is 2.96. The highest BCUT2D eigenvalue weighted by Gasteiger charge is 2.16. The fourth-order valence-electron chi connectivity index (χ4n) is 3.85. The monoisotopic (exact) mass is 368 g/mol. The predicted octanol–water partition coefficient (Wildman–Crippen LogP) is 5.34. The number of fused-ring (bicyclic) bond motifs is 1. The Balaban J connectivity index is 1.69. The van der Waals surface area contributed by atoms with Gasteiger partial charge in [-0.1, -0.05) is 44.9 Å². The van der Waals surface area contributed by atoms with Crippen LogP contribution in [0.4, 0.5) is 0 Å². The van der Waals surface area contributed by atoms with Gasteiger partial charge >= 0.3 is 0 Å². The molecule has 0 spiro atoms. The molecule has 0 radical (unpaired) electrons. The summed E-state index contributed by atoms with van der Waals surface area (Å²) in [6, 6.07) is 3.98. The van der Waals surface area contributed by atoms with Crippen molar-refractivity contribution < 1.29 is 4.79 Å². The minimum Gasteiger partial charge on any atom is -0.295 e. The van der Waals surface area contributed by atoms with Gasteiger partial charge in [-0.3, -0.25) is 9.20 Å². The second-order valence-corrected chi connectivity index (χ2v) is 7.78. The number of hydrogen-bond donors (Lipinski definition) is 1. The second kappa shape index (κ2) is 9.67. The molecule has 1 aliphatic carbocycles. The number of nitrogens with zero attached hydrogens (tertiary/aromatic N) is 3. The Labute approximate surface area is 162 Å². The molecule has 5 heteroatoms. The molecule has 5 nitrogen and oxygen atoms in total. The van der Waals surface area contributed by atoms with Crippen LogP contribution >= 0.6 is 0 Å². The van der Waals surface area contributed by atoms with Gasteiger partial charge in [0.2, 0.25) is 0 Å². The van der Waals surface area contributed by atoms with Crippen LogP contribution in [0, 0.1) is 13.8 Å². The number of aromatic nitrogens is 2. The molecule has 0 saturated heterocycles. The predicted molar refractivity (Wildman–Crippen MR) is 110 cm³/mol. The van der Waals surface area contributed by atoms with Crippen molar-refractivity contribution in [2.75, 3.05) is 0 Å². The van der Waals surface area contributed by atoms with Gasteiger partial charge in [-0.15, -0.1) is 0 Å². The molecule has 2 aromatic rings. The van der Waals surface area contributed by atoms with E-state index in [0.717, 1.165) is 35.5 Å². The van der Waals surface area contributed by atoms with Gasteiger partial charge in [-0.2, -0.15) is 5.10 Å². The van der Waals surface area contributed by atoms with Crippen molar-refractivity contribution in [2.24, 2.45) is 5.10 Å². The van der Waals surface area contributed by atoms with E-state index in [4.69, 9.17) is 0 Å². The molecular weight excluding hydrogens is 336 g/mol. The zero-order valence-corrected chi connectivity index (χ0v) is 16.8. The molecule has 27 heavy (non-hydrogen) atoms. The minimum absolute atomic E-state index is 0.178. The maximum atomic E-state index is 12.8. The first-order chi connectivity index (χ1) is 13.1. The number of hydrazone groups is 1. The second-order valence-electron chi connectivity index (χ2n) is 7.78. The van der Waals surface area contributed by atoms with Crippen molar-refractivity contribution in [1.82, 2.24) is 14.8 Å². The van der Waals surface area contributed by atoms with E-state index >= 15 is 0 Å². The highest BCUT2D eigenvalue weighted by atomic mass is 16.2. The van der Waals surface area contributed by atoms with Crippen LogP contribution in [-0.4, -0.2) is 21.0 Å². The lowest BCUT2D eigenvalue weighted by molar-refractivity contribution is 0.0948. The zero-order valence-electron chi connectivity index (χ0n) is 16.8. The summed E-state index contributed by atoms with van der Waals surface area (Å²) in [5, 5.41) is 4.51. The number of carbonyl (C=O) groups is 1. The molecule has 3 rings (SSSR count). The highest BCUT2D eigenvalue weighted by molar-refractivity contribution is 5.95. The Morgan fingerprint density at radius 1 is 1.00 bits per heavy atom. The lowest BCUT2D eigenvalue weighted by atomic mass is 10.00. The fraction of sp³-hybridized carbons (Fsp3) is 0.591. The van der Waals surface area contributed by atoms with Crippen LogP contribution in [0.25, 0.3) is 5.65 Å². The molecule has 1 aliphatic rings. The molecule has 0 bridgehead atoms. The van der Waals surface area contributed by atoms with E-state index < -0.39 is 0 Å². The molecule has 0 aliphatic heterocycles. The van der Waals surface area contributed by atoms with Crippen LogP contribution < -0.4 is 5.43 Å². The van der Waals surface area contributed by atoms with Crippen LogP contribution in [0.1, 0.15) is 92.4 Å². The number of hydrogen-bond acceptors (Lipinski definition) is 3. The van der Waals surface area contributed by atoms with E-state index in [9.17, 15) is 4.79 Å². The van der Waals surface area contributed by atoms with E-state index in [-0.39, 0.29) is 5.91 Å². The van der Waals surface area contributed by atoms with E-state index in [1.807, 2.05) is 36.6 Å². The first-order valence-electron chi connectivity index (χ1n) is 10.5. The molecule has 1 saturated carbocycles. The summed E-state index contributed by atoms with van der Waals surface area (Å²) in [5.74, 6) is -0.178. The summed E-state index contributed by atoms with van der Waals surface area (Å²) in [5.41, 5.74) is 7.17. The SMILES string of the molecule is Cc1ccn2c(C(=O)NN=C3CCCCCCCCCCC3)c(C)nc2c1. The van der Waals surface area contributed by atoms with Crippen LogP contribution in [0.2, 0.25) is 0 Å². The van der Waals surface area contributed by atoms with Crippen molar-refractivity contribution >= 4 is 17.3 Å². The van der Waals surface area contributed by atoms with Gasteiger partial charge in [0, 0.05) is 11.9 Å². The van der Waals surface area contributed by atoms with Crippen molar-refractivity contribution in [1.29, 1.82) is 0 Å². The summed E-state index contributed by atoms with van der Waals surface area (Å²) >= 11 is 0. The summed E-state index contributed by atoms with van der Waals surface area (Å²) < 4.78 is 1.85. The van der Waals surface area contributed by atoms with Crippen LogP contribution in [0.15, 0.2) is 23.4 Å². The third kappa shape index (κ3) is 5.41. The first-order valence-corrected chi connectivity index (χ1v) is 10.5. The third-order valence-electron chi connectivity index (χ3n) is 5.42. The quantitative estimate of drug-likeness (QED) is 0.727. The topological polar surface area (TPSA) is 58.8 Å². The number of rotatable bonds is 2. The van der Waals surface area contributed by atoms with Gasteiger partial charge in [0.25, 0.3) is 5.91 Å². The Kier molecular flexibility index (Phi) is 7.02. The normalized spacial score (nSPS) is 17.2. The molecule has 2 heterocycles. The number of nitrogens with one attached hydrogen (secondary N) is 1. The highest BCUT2D eigenvalue weighted by Crippen LogP contribution is 2.16. The number of aryl methyl sites for hydroxylation is 2. The molecule has 0 atom stereocenters. The minimum atomic E-state index is -0.178. The van der Waals surface area contributed by atoms with Gasteiger partial charge in [0.1, 0.15) is 11.3 Å².